The summed E-state index contributed by atoms with van der Waals surface area (Å²) in [5.74, 6) is 0.351. The highest BCUT2D eigenvalue weighted by atomic mass is 32.2. The molecule has 1 unspecified atom stereocenters. The van der Waals surface area contributed by atoms with E-state index in [1.165, 1.54) is 10.2 Å². The molecular weight excluding hydrogens is 504 g/mol. The van der Waals surface area contributed by atoms with E-state index in [2.05, 4.69) is 16.5 Å². The molecule has 0 radical (unpaired) electrons. The molecule has 9 nitrogen and oxygen atoms in total. The predicted molar refractivity (Wildman–Crippen MR) is 149 cm³/mol. The van der Waals surface area contributed by atoms with Crippen molar-refractivity contribution >= 4 is 29.9 Å². The van der Waals surface area contributed by atoms with Gasteiger partial charge in [0.1, 0.15) is 4.90 Å². The molecule has 1 aliphatic rings. The maximum Gasteiger partial charge on any atom is 0.326 e. The van der Waals surface area contributed by atoms with Crippen molar-refractivity contribution in [2.45, 2.75) is 96.3 Å². The Morgan fingerprint density at radius 2 is 1.81 bits per heavy atom. The number of rotatable bonds is 6. The first-order valence-corrected chi connectivity index (χ1v) is 17.2. The van der Waals surface area contributed by atoms with Crippen LogP contribution in [-0.4, -0.2) is 38.8 Å². The number of hydrogen-bond acceptors (Lipinski definition) is 6. The zero-order chi connectivity index (χ0) is 27.9. The van der Waals surface area contributed by atoms with Crippen LogP contribution in [0.4, 0.5) is 10.5 Å². The van der Waals surface area contributed by atoms with Gasteiger partial charge in [-0.15, -0.1) is 0 Å². The SMILES string of the molecule is CC(C)c1cc(C#N)cc(C(C)C)c1NC(=O)N([Si](C)(C)C(C)(C)C)S(=N)(=O)c1cnn2c1OCCC2. The highest BCUT2D eigenvalue weighted by Gasteiger charge is 2.50. The van der Waals surface area contributed by atoms with Gasteiger partial charge < -0.3 is 10.1 Å². The fourth-order valence-electron chi connectivity index (χ4n) is 4.29. The molecule has 0 bridgehead atoms. The molecule has 1 aromatic carbocycles. The Hall–Kier alpha value is -2.84. The van der Waals surface area contributed by atoms with E-state index in [9.17, 15) is 19.0 Å². The minimum Gasteiger partial charge on any atom is -0.477 e. The number of amides is 2. The molecule has 1 aromatic heterocycles. The Bertz CT molecular complexity index is 1300. The zero-order valence-electron chi connectivity index (χ0n) is 23.4. The molecule has 0 spiro atoms. The fraction of sp³-hybridized carbons (Fsp3) is 0.577. The van der Waals surface area contributed by atoms with Crippen LogP contribution in [0.2, 0.25) is 18.1 Å². The van der Waals surface area contributed by atoms with Gasteiger partial charge in [-0.2, -0.15) is 10.4 Å². The number of nitrogens with zero attached hydrogens (tertiary/aromatic N) is 4. The van der Waals surface area contributed by atoms with Crippen LogP contribution < -0.4 is 10.1 Å². The second-order valence-electron chi connectivity index (χ2n) is 11.7. The first-order chi connectivity index (χ1) is 17.0. The van der Waals surface area contributed by atoms with E-state index in [1.807, 2.05) is 61.6 Å². The van der Waals surface area contributed by atoms with E-state index >= 15 is 0 Å². The monoisotopic (exact) mass is 544 g/mol. The van der Waals surface area contributed by atoms with Crippen molar-refractivity contribution in [3.8, 4) is 11.9 Å². The summed E-state index contributed by atoms with van der Waals surface area (Å²) in [7, 11) is -6.70. The molecular formula is C26H40N6O3SSi. The lowest BCUT2D eigenvalue weighted by Gasteiger charge is -2.45. The maximum absolute atomic E-state index is 14.5. The molecule has 0 saturated carbocycles. The number of carbonyl (C=O) groups is 1. The fourth-order valence-corrected chi connectivity index (χ4v) is 10.2. The van der Waals surface area contributed by atoms with Crippen molar-refractivity contribution in [2.24, 2.45) is 0 Å². The second-order valence-corrected chi connectivity index (χ2v) is 19.0. The Morgan fingerprint density at radius 3 is 2.30 bits per heavy atom. The van der Waals surface area contributed by atoms with Gasteiger partial charge in [0, 0.05) is 18.7 Å². The van der Waals surface area contributed by atoms with Gasteiger partial charge in [0.2, 0.25) is 5.88 Å². The number of fused-ring (bicyclic) bond motifs is 1. The van der Waals surface area contributed by atoms with Crippen LogP contribution in [0.5, 0.6) is 5.88 Å². The van der Waals surface area contributed by atoms with E-state index in [0.29, 0.717) is 30.3 Å². The van der Waals surface area contributed by atoms with Crippen LogP contribution in [-0.2, 0) is 16.5 Å². The number of benzene rings is 1. The van der Waals surface area contributed by atoms with Crippen molar-refractivity contribution in [2.75, 3.05) is 11.9 Å². The van der Waals surface area contributed by atoms with Gasteiger partial charge in [0.25, 0.3) is 0 Å². The molecule has 3 rings (SSSR count). The maximum atomic E-state index is 14.5. The van der Waals surface area contributed by atoms with Gasteiger partial charge in [-0.1, -0.05) is 48.5 Å². The quantitative estimate of drug-likeness (QED) is 0.394. The highest BCUT2D eigenvalue weighted by molar-refractivity contribution is 7.92. The van der Waals surface area contributed by atoms with Gasteiger partial charge >= 0.3 is 6.03 Å². The number of aromatic nitrogens is 2. The first-order valence-electron chi connectivity index (χ1n) is 12.7. The first kappa shape index (κ1) is 28.7. The van der Waals surface area contributed by atoms with Crippen LogP contribution in [0.25, 0.3) is 0 Å². The average molecular weight is 545 g/mol. The third-order valence-electron chi connectivity index (χ3n) is 7.40. The van der Waals surface area contributed by atoms with E-state index in [-0.39, 0.29) is 16.7 Å². The summed E-state index contributed by atoms with van der Waals surface area (Å²) in [5, 5.41) is 16.6. The second kappa shape index (κ2) is 10.1. The Morgan fingerprint density at radius 1 is 1.24 bits per heavy atom. The van der Waals surface area contributed by atoms with Crippen LogP contribution in [0.1, 0.15) is 83.4 Å². The van der Waals surface area contributed by atoms with Gasteiger partial charge in [0.05, 0.1) is 24.4 Å². The molecule has 11 heteroatoms. The van der Waals surface area contributed by atoms with Crippen LogP contribution in [0.15, 0.2) is 23.2 Å². The normalized spacial score (nSPS) is 15.5. The molecule has 0 saturated heterocycles. The highest BCUT2D eigenvalue weighted by Crippen LogP contribution is 2.43. The summed E-state index contributed by atoms with van der Waals surface area (Å²) in [6.07, 6.45) is 2.18. The molecule has 0 fully saturated rings. The third kappa shape index (κ3) is 5.27. The summed E-state index contributed by atoms with van der Waals surface area (Å²) < 4.78 is 32.4. The van der Waals surface area contributed by atoms with E-state index < -0.39 is 29.2 Å². The smallest absolute Gasteiger partial charge is 0.326 e. The van der Waals surface area contributed by atoms with E-state index in [4.69, 9.17) is 4.74 Å². The van der Waals surface area contributed by atoms with E-state index in [0.717, 1.165) is 17.5 Å². The van der Waals surface area contributed by atoms with Gasteiger partial charge in [-0.05, 0) is 53.2 Å². The third-order valence-corrected chi connectivity index (χ3v) is 16.0. The molecule has 2 N–H and O–H groups in total. The lowest BCUT2D eigenvalue weighted by atomic mass is 9.90. The molecule has 37 heavy (non-hydrogen) atoms. The van der Waals surface area contributed by atoms with Crippen LogP contribution in [0, 0.1) is 16.1 Å². The zero-order valence-corrected chi connectivity index (χ0v) is 25.2. The molecule has 202 valence electrons. The summed E-state index contributed by atoms with van der Waals surface area (Å²) in [6.45, 7) is 19.0. The number of aryl methyl sites for hydroxylation is 1. The summed E-state index contributed by atoms with van der Waals surface area (Å²) >= 11 is 0. The lowest BCUT2D eigenvalue weighted by Crippen LogP contribution is -2.60. The molecule has 2 amide bonds. The van der Waals surface area contributed by atoms with Crippen molar-refractivity contribution in [3.63, 3.8) is 0 Å². The number of carbonyl (C=O) groups excluding carboxylic acids is 1. The molecule has 2 aromatic rings. The molecule has 2 heterocycles. The number of nitrogens with one attached hydrogen (secondary N) is 2. The minimum atomic E-state index is -3.82. The van der Waals surface area contributed by atoms with Gasteiger partial charge in [-0.25, -0.2) is 18.5 Å². The van der Waals surface area contributed by atoms with Gasteiger partial charge in [-0.3, -0.25) is 3.97 Å². The van der Waals surface area contributed by atoms with Crippen molar-refractivity contribution in [1.29, 1.82) is 10.0 Å². The Kier molecular flexibility index (Phi) is 7.87. The minimum absolute atomic E-state index is 0.0267. The van der Waals surface area contributed by atoms with Crippen LogP contribution in [0.3, 0.4) is 0 Å². The lowest BCUT2D eigenvalue weighted by molar-refractivity contribution is 0.224. The topological polar surface area (TPSA) is 124 Å². The summed E-state index contributed by atoms with van der Waals surface area (Å²) in [4.78, 5) is 14.4. The average Bonchev–Trinajstić information content (AvgIpc) is 3.22. The largest absolute Gasteiger partial charge is 0.477 e. The Balaban J connectivity index is 2.21. The summed E-state index contributed by atoms with van der Waals surface area (Å²) in [5.41, 5.74) is 2.80. The standard InChI is InChI=1S/C26H40N6O3SSi/c1-17(2)20-13-19(15-27)14-21(18(3)4)23(20)30-25(33)32(37(8,9)26(5,6)7)36(28,34)22-16-29-31-11-10-12-35-24(22)31/h13-14,16-18,28H,10-12H2,1-9H3,(H,30,33). The number of anilines is 1. The van der Waals surface area contributed by atoms with Crippen molar-refractivity contribution < 1.29 is 13.7 Å². The molecule has 0 aliphatic carbocycles. The number of hydrogen-bond donors (Lipinski definition) is 2. The number of nitriles is 1. The van der Waals surface area contributed by atoms with Crippen LogP contribution >= 0.6 is 0 Å². The van der Waals surface area contributed by atoms with Crippen molar-refractivity contribution in [3.05, 3.63) is 35.0 Å². The summed E-state index contributed by atoms with van der Waals surface area (Å²) in [6, 6.07) is 5.22. The number of urea groups is 1. The molecule has 1 aliphatic heterocycles. The van der Waals surface area contributed by atoms with E-state index in [1.54, 1.807) is 16.8 Å². The number of ether oxygens (including phenoxy) is 1. The Labute approximate surface area is 222 Å². The predicted octanol–water partition coefficient (Wildman–Crippen LogP) is 6.64. The molecule has 1 atom stereocenters. The van der Waals surface area contributed by atoms with Gasteiger partial charge in [0.15, 0.2) is 18.2 Å². The van der Waals surface area contributed by atoms with Crippen molar-refractivity contribution in [1.82, 2.24) is 13.8 Å².